The van der Waals surface area contributed by atoms with E-state index in [1.807, 2.05) is 19.9 Å². The van der Waals surface area contributed by atoms with Crippen LogP contribution in [0.3, 0.4) is 0 Å². The van der Waals surface area contributed by atoms with E-state index in [4.69, 9.17) is 0 Å². The van der Waals surface area contributed by atoms with Gasteiger partial charge in [-0.05, 0) is 47.0 Å². The Balaban J connectivity index is 0.000000774. The summed E-state index contributed by atoms with van der Waals surface area (Å²) in [4.78, 5) is 0.590. The van der Waals surface area contributed by atoms with Gasteiger partial charge >= 0.3 is 0 Å². The second-order valence-corrected chi connectivity index (χ2v) is 6.12. The number of rotatable bonds is 0. The molecule has 2 N–H and O–H groups in total. The second kappa shape index (κ2) is 6.28. The maximum atomic E-state index is 12.4. The monoisotopic (exact) mass is 305 g/mol. The first kappa shape index (κ1) is 15.5. The van der Waals surface area contributed by atoms with Crippen LogP contribution < -0.4 is 0 Å². The highest BCUT2D eigenvalue weighted by Crippen LogP contribution is 2.37. The number of fused-ring (bicyclic) bond motifs is 3. The summed E-state index contributed by atoms with van der Waals surface area (Å²) < 4.78 is 14.1. The molecule has 0 radical (unpaired) electrons. The molecule has 0 aromatic heterocycles. The quantitative estimate of drug-likeness (QED) is 0.785. The van der Waals surface area contributed by atoms with Gasteiger partial charge in [0, 0.05) is 13.6 Å². The Labute approximate surface area is 127 Å². The molecule has 0 amide bonds. The van der Waals surface area contributed by atoms with Gasteiger partial charge in [0.1, 0.15) is 22.5 Å². The molecule has 3 rings (SSSR count). The van der Waals surface area contributed by atoms with Crippen LogP contribution in [0.2, 0.25) is 0 Å². The van der Waals surface area contributed by atoms with E-state index in [1.54, 1.807) is 35.6 Å². The Morgan fingerprint density at radius 3 is 2.24 bits per heavy atom. The smallest absolute Gasteiger partial charge is 0.128 e. The SMILES string of the molecule is CC.CN1Cc2cc(O)ccc2-c2ccc(O)cc2S1=O. The van der Waals surface area contributed by atoms with Gasteiger partial charge in [0.15, 0.2) is 0 Å². The summed E-state index contributed by atoms with van der Waals surface area (Å²) in [6.45, 7) is 4.48. The maximum absolute atomic E-state index is 12.4. The predicted octanol–water partition coefficient (Wildman–Crippen LogP) is 3.26. The molecular weight excluding hydrogens is 286 g/mol. The number of phenolic OH excluding ortho intramolecular Hbond substituents is 2. The Morgan fingerprint density at radius 2 is 1.57 bits per heavy atom. The molecule has 5 heteroatoms. The lowest BCUT2D eigenvalue weighted by Gasteiger charge is -2.13. The summed E-state index contributed by atoms with van der Waals surface area (Å²) in [5, 5.41) is 19.2. The van der Waals surface area contributed by atoms with Crippen molar-refractivity contribution in [3.05, 3.63) is 42.0 Å². The fourth-order valence-corrected chi connectivity index (χ4v) is 3.50. The largest absolute Gasteiger partial charge is 0.508 e. The van der Waals surface area contributed by atoms with E-state index in [-0.39, 0.29) is 11.5 Å². The van der Waals surface area contributed by atoms with E-state index >= 15 is 0 Å². The van der Waals surface area contributed by atoms with Gasteiger partial charge in [-0.15, -0.1) is 0 Å². The normalized spacial score (nSPS) is 17.0. The van der Waals surface area contributed by atoms with E-state index in [0.29, 0.717) is 11.4 Å². The first-order chi connectivity index (χ1) is 10.1. The third kappa shape index (κ3) is 2.94. The topological polar surface area (TPSA) is 60.8 Å². The molecule has 1 atom stereocenters. The fourth-order valence-electron chi connectivity index (χ4n) is 2.32. The van der Waals surface area contributed by atoms with Gasteiger partial charge in [0.05, 0.1) is 4.90 Å². The van der Waals surface area contributed by atoms with Crippen molar-refractivity contribution >= 4 is 11.0 Å². The zero-order chi connectivity index (χ0) is 15.6. The lowest BCUT2D eigenvalue weighted by Crippen LogP contribution is -2.19. The number of benzene rings is 2. The molecule has 1 aliphatic heterocycles. The average molecular weight is 305 g/mol. The molecule has 1 heterocycles. The van der Waals surface area contributed by atoms with Crippen LogP contribution in [0.15, 0.2) is 41.3 Å². The van der Waals surface area contributed by atoms with Gasteiger partial charge in [-0.1, -0.05) is 19.9 Å². The predicted molar refractivity (Wildman–Crippen MR) is 84.4 cm³/mol. The highest BCUT2D eigenvalue weighted by atomic mass is 32.2. The van der Waals surface area contributed by atoms with Crippen molar-refractivity contribution in [3.8, 4) is 22.6 Å². The van der Waals surface area contributed by atoms with Crippen molar-refractivity contribution in [1.82, 2.24) is 4.31 Å². The van der Waals surface area contributed by atoms with E-state index in [9.17, 15) is 14.4 Å². The van der Waals surface area contributed by atoms with Crippen molar-refractivity contribution in [3.63, 3.8) is 0 Å². The minimum Gasteiger partial charge on any atom is -0.508 e. The average Bonchev–Trinajstić information content (AvgIpc) is 2.58. The van der Waals surface area contributed by atoms with Crippen LogP contribution in [-0.2, 0) is 17.5 Å². The Bertz CT molecular complexity index is 685. The Hall–Kier alpha value is -1.85. The molecule has 4 nitrogen and oxygen atoms in total. The van der Waals surface area contributed by atoms with Crippen LogP contribution in [0.25, 0.3) is 11.1 Å². The summed E-state index contributed by atoms with van der Waals surface area (Å²) in [6.07, 6.45) is 0. The Morgan fingerprint density at radius 1 is 1.00 bits per heavy atom. The summed E-state index contributed by atoms with van der Waals surface area (Å²) in [5.74, 6) is 0.294. The maximum Gasteiger partial charge on any atom is 0.128 e. The van der Waals surface area contributed by atoms with Gasteiger partial charge in [-0.25, -0.2) is 8.51 Å². The molecule has 2 aromatic carbocycles. The number of phenols is 2. The van der Waals surface area contributed by atoms with E-state index < -0.39 is 11.0 Å². The first-order valence-electron chi connectivity index (χ1n) is 6.84. The standard InChI is InChI=1S/C14H13NO3S.C2H6/c1-15-8-9-6-10(16)2-4-12(9)13-5-3-11(17)7-14(13)19(15)18;1-2/h2-7,16-17H,8H2,1H3;1-2H3. The van der Waals surface area contributed by atoms with E-state index in [0.717, 1.165) is 16.7 Å². The molecule has 0 spiro atoms. The van der Waals surface area contributed by atoms with Gasteiger partial charge in [-0.2, -0.15) is 0 Å². The van der Waals surface area contributed by atoms with Crippen molar-refractivity contribution in [2.75, 3.05) is 7.05 Å². The van der Waals surface area contributed by atoms with Gasteiger partial charge in [0.2, 0.25) is 0 Å². The molecule has 2 aromatic rings. The first-order valence-corrected chi connectivity index (χ1v) is 7.95. The number of nitrogens with zero attached hydrogens (tertiary/aromatic N) is 1. The Kier molecular flexibility index (Phi) is 4.65. The van der Waals surface area contributed by atoms with Crippen LogP contribution in [0.1, 0.15) is 19.4 Å². The molecule has 0 saturated carbocycles. The van der Waals surface area contributed by atoms with Gasteiger partial charge in [0.25, 0.3) is 0 Å². The lowest BCUT2D eigenvalue weighted by atomic mass is 9.99. The third-order valence-corrected chi connectivity index (χ3v) is 4.62. The molecule has 0 aliphatic carbocycles. The molecule has 1 aliphatic rings. The van der Waals surface area contributed by atoms with Crippen LogP contribution in [-0.4, -0.2) is 25.8 Å². The van der Waals surface area contributed by atoms with E-state index in [2.05, 4.69) is 0 Å². The second-order valence-electron chi connectivity index (χ2n) is 4.56. The zero-order valence-corrected chi connectivity index (χ0v) is 13.1. The zero-order valence-electron chi connectivity index (χ0n) is 12.3. The van der Waals surface area contributed by atoms with Crippen LogP contribution in [0.5, 0.6) is 11.5 Å². The highest BCUT2D eigenvalue weighted by molar-refractivity contribution is 7.82. The summed E-state index contributed by atoms with van der Waals surface area (Å²) in [6, 6.07) is 9.99. The lowest BCUT2D eigenvalue weighted by molar-refractivity contribution is 0.471. The highest BCUT2D eigenvalue weighted by Gasteiger charge is 2.23. The molecule has 112 valence electrons. The minimum atomic E-state index is -1.33. The van der Waals surface area contributed by atoms with Crippen molar-refractivity contribution in [1.29, 1.82) is 0 Å². The van der Waals surface area contributed by atoms with Crippen molar-refractivity contribution in [2.24, 2.45) is 0 Å². The summed E-state index contributed by atoms with van der Waals surface area (Å²) in [7, 11) is 0.424. The van der Waals surface area contributed by atoms with Crippen molar-refractivity contribution < 1.29 is 14.4 Å². The van der Waals surface area contributed by atoms with Crippen LogP contribution in [0, 0.1) is 0 Å². The van der Waals surface area contributed by atoms with Crippen LogP contribution >= 0.6 is 0 Å². The number of hydrogen-bond donors (Lipinski definition) is 2. The number of aromatic hydroxyl groups is 2. The van der Waals surface area contributed by atoms with Crippen molar-refractivity contribution in [2.45, 2.75) is 25.3 Å². The fraction of sp³-hybridized carbons (Fsp3) is 0.250. The third-order valence-electron chi connectivity index (χ3n) is 3.21. The molecule has 0 fully saturated rings. The molecule has 0 saturated heterocycles. The van der Waals surface area contributed by atoms with Crippen LogP contribution in [0.4, 0.5) is 0 Å². The van der Waals surface area contributed by atoms with Gasteiger partial charge in [-0.3, -0.25) is 0 Å². The van der Waals surface area contributed by atoms with Gasteiger partial charge < -0.3 is 10.2 Å². The minimum absolute atomic E-state index is 0.0997. The van der Waals surface area contributed by atoms with E-state index in [1.165, 1.54) is 6.07 Å². The molecular formula is C16H19NO3S. The molecule has 0 bridgehead atoms. The summed E-state index contributed by atoms with van der Waals surface area (Å²) in [5.41, 5.74) is 2.68. The summed E-state index contributed by atoms with van der Waals surface area (Å²) >= 11 is 0. The molecule has 1 unspecified atom stereocenters. The molecule has 21 heavy (non-hydrogen) atoms. The number of hydrogen-bond acceptors (Lipinski definition) is 3.